The Balaban J connectivity index is 1.62. The van der Waals surface area contributed by atoms with Crippen LogP contribution in [0.2, 0.25) is 0 Å². The lowest BCUT2D eigenvalue weighted by Gasteiger charge is -2.37. The molecule has 1 unspecified atom stereocenters. The highest BCUT2D eigenvalue weighted by Crippen LogP contribution is 2.42. The molecule has 2 aromatic heterocycles. The Hall–Kier alpha value is -4.31. The molecular formula is C34H39FN4O4S. The predicted octanol–water partition coefficient (Wildman–Crippen LogP) is 7.19. The van der Waals surface area contributed by atoms with Gasteiger partial charge in [-0.05, 0) is 61.6 Å². The first-order valence-corrected chi connectivity index (χ1v) is 16.6. The van der Waals surface area contributed by atoms with Gasteiger partial charge < -0.3 is 19.6 Å². The second kappa shape index (κ2) is 12.4. The van der Waals surface area contributed by atoms with Gasteiger partial charge in [0.05, 0.1) is 34.7 Å². The summed E-state index contributed by atoms with van der Waals surface area (Å²) in [5.74, 6) is -0.388. The lowest BCUT2D eigenvalue weighted by Crippen LogP contribution is -2.34. The zero-order valence-electron chi connectivity index (χ0n) is 25.8. The molecule has 1 fully saturated rings. The first-order chi connectivity index (χ1) is 20.9. The summed E-state index contributed by atoms with van der Waals surface area (Å²) in [5.41, 5.74) is 5.40. The maximum Gasteiger partial charge on any atom is 0.255 e. The van der Waals surface area contributed by atoms with Crippen molar-refractivity contribution in [2.24, 2.45) is 0 Å². The van der Waals surface area contributed by atoms with Crippen molar-refractivity contribution in [3.63, 3.8) is 0 Å². The minimum atomic E-state index is -3.62. The molecule has 10 heteroatoms. The molecule has 4 aromatic rings. The van der Waals surface area contributed by atoms with Gasteiger partial charge in [-0.3, -0.25) is 9.10 Å². The van der Waals surface area contributed by atoms with Gasteiger partial charge in [0.1, 0.15) is 11.3 Å². The highest BCUT2D eigenvalue weighted by molar-refractivity contribution is 7.92. The van der Waals surface area contributed by atoms with Crippen molar-refractivity contribution in [2.75, 3.05) is 37.7 Å². The Labute approximate surface area is 258 Å². The number of likely N-dealkylation sites (tertiary alicyclic amines) is 1. The molecule has 2 aromatic carbocycles. The van der Waals surface area contributed by atoms with Gasteiger partial charge >= 0.3 is 0 Å². The molecule has 1 aliphatic heterocycles. The third-order valence-electron chi connectivity index (χ3n) is 8.42. The summed E-state index contributed by atoms with van der Waals surface area (Å²) in [5, 5.41) is 4.37. The van der Waals surface area contributed by atoms with Crippen molar-refractivity contribution in [3.8, 4) is 0 Å². The van der Waals surface area contributed by atoms with E-state index in [9.17, 15) is 17.6 Å². The zero-order valence-corrected chi connectivity index (χ0v) is 26.6. The number of para-hydroxylation sites is 1. The number of fused-ring (bicyclic) bond motifs is 2. The number of aromatic nitrogens is 1. The number of hydrogen-bond donors (Lipinski definition) is 2. The molecule has 1 amide bonds. The number of amides is 1. The minimum absolute atomic E-state index is 0.0532. The molecule has 232 valence electrons. The fourth-order valence-corrected chi connectivity index (χ4v) is 6.36. The molecule has 44 heavy (non-hydrogen) atoms. The van der Waals surface area contributed by atoms with Gasteiger partial charge in [0.25, 0.3) is 5.91 Å². The van der Waals surface area contributed by atoms with E-state index in [-0.39, 0.29) is 24.1 Å². The van der Waals surface area contributed by atoms with Crippen molar-refractivity contribution in [2.45, 2.75) is 39.0 Å². The first kappa shape index (κ1) is 31.1. The molecule has 0 aliphatic carbocycles. The topological polar surface area (TPSA) is 98.7 Å². The number of allylic oxidation sites excluding steroid dienone is 4. The highest BCUT2D eigenvalue weighted by Gasteiger charge is 2.30. The Morgan fingerprint density at radius 3 is 2.68 bits per heavy atom. The van der Waals surface area contributed by atoms with Crippen LogP contribution >= 0.6 is 0 Å². The fraction of sp³-hybridized carbons (Fsp3) is 0.324. The zero-order chi connectivity index (χ0) is 31.8. The SMILES string of the molecule is C=C(c1cc2ccccc2[nH]1)N1CCCC(c2cc3c(C(=O)NC)c(/C(C)=C/C=C(/F)CC)oc3cc2N(C)S(C)(=O)=O)C1. The van der Waals surface area contributed by atoms with Crippen molar-refractivity contribution >= 4 is 54.8 Å². The van der Waals surface area contributed by atoms with Gasteiger partial charge in [0, 0.05) is 55.5 Å². The van der Waals surface area contributed by atoms with Crippen LogP contribution in [0.25, 0.3) is 33.1 Å². The number of carbonyl (C=O) groups excluding carboxylic acids is 1. The van der Waals surface area contributed by atoms with E-state index in [1.807, 2.05) is 24.3 Å². The molecule has 3 heterocycles. The number of carbonyl (C=O) groups is 1. The molecule has 2 N–H and O–H groups in total. The summed E-state index contributed by atoms with van der Waals surface area (Å²) in [7, 11) is -0.551. The molecule has 5 rings (SSSR count). The summed E-state index contributed by atoms with van der Waals surface area (Å²) in [6, 6.07) is 13.8. The van der Waals surface area contributed by atoms with Gasteiger partial charge in [0.2, 0.25) is 10.0 Å². The Morgan fingerprint density at radius 2 is 2.00 bits per heavy atom. The number of aromatic amines is 1. The standard InChI is InChI=1S/C34H39FN4O4S/c1-7-25(35)15-14-21(2)33-32(34(40)36-4)27-18-26(30(19-31(27)43-33)38(5)44(6,41)42)24-12-10-16-39(20-24)22(3)29-17-23-11-8-9-13-28(23)37-29/h8-9,11,13-15,17-19,24,37H,3,7,10,12,16,20H2,1-2,4-6H3,(H,36,40)/b21-14+,25-15+. The van der Waals surface area contributed by atoms with Crippen LogP contribution in [0.4, 0.5) is 10.1 Å². The summed E-state index contributed by atoms with van der Waals surface area (Å²) in [6.07, 6.45) is 6.06. The van der Waals surface area contributed by atoms with E-state index in [4.69, 9.17) is 4.42 Å². The predicted molar refractivity (Wildman–Crippen MR) is 177 cm³/mol. The first-order valence-electron chi connectivity index (χ1n) is 14.7. The Morgan fingerprint density at radius 1 is 1.25 bits per heavy atom. The number of rotatable bonds is 9. The number of sulfonamides is 1. The molecule has 0 saturated carbocycles. The fourth-order valence-electron chi connectivity index (χ4n) is 5.84. The van der Waals surface area contributed by atoms with Crippen LogP contribution in [0.15, 0.2) is 71.4 Å². The maximum atomic E-state index is 13.9. The summed E-state index contributed by atoms with van der Waals surface area (Å²) in [6.45, 7) is 9.31. The number of H-pyrrole nitrogens is 1. The van der Waals surface area contributed by atoms with Crippen molar-refractivity contribution in [3.05, 3.63) is 89.6 Å². The van der Waals surface area contributed by atoms with Crippen molar-refractivity contribution < 1.29 is 22.0 Å². The van der Waals surface area contributed by atoms with E-state index >= 15 is 0 Å². The molecular weight excluding hydrogens is 579 g/mol. The minimum Gasteiger partial charge on any atom is -0.455 e. The van der Waals surface area contributed by atoms with E-state index in [2.05, 4.69) is 33.9 Å². The lowest BCUT2D eigenvalue weighted by molar-refractivity contribution is 0.0963. The molecule has 1 saturated heterocycles. The van der Waals surface area contributed by atoms with Gasteiger partial charge in [-0.25, -0.2) is 12.8 Å². The third-order valence-corrected chi connectivity index (χ3v) is 9.61. The molecule has 0 radical (unpaired) electrons. The van der Waals surface area contributed by atoms with Crippen LogP contribution in [-0.2, 0) is 10.0 Å². The van der Waals surface area contributed by atoms with E-state index < -0.39 is 10.0 Å². The third kappa shape index (κ3) is 6.04. The van der Waals surface area contributed by atoms with Crippen molar-refractivity contribution in [1.29, 1.82) is 0 Å². The van der Waals surface area contributed by atoms with Crippen LogP contribution in [0.5, 0.6) is 0 Å². The van der Waals surface area contributed by atoms with Crippen molar-refractivity contribution in [1.82, 2.24) is 15.2 Å². The van der Waals surface area contributed by atoms with E-state index in [1.165, 1.54) is 17.4 Å². The Kier molecular flexibility index (Phi) is 8.74. The Bertz CT molecular complexity index is 1880. The average Bonchev–Trinajstić information content (AvgIpc) is 3.63. The molecule has 1 atom stereocenters. The second-order valence-corrected chi connectivity index (χ2v) is 13.4. The number of halogens is 1. The van der Waals surface area contributed by atoms with Gasteiger partial charge in [0.15, 0.2) is 0 Å². The summed E-state index contributed by atoms with van der Waals surface area (Å²) >= 11 is 0. The molecule has 8 nitrogen and oxygen atoms in total. The van der Waals surface area contributed by atoms with E-state index in [1.54, 1.807) is 33.0 Å². The van der Waals surface area contributed by atoms with Crippen LogP contribution in [0, 0.1) is 0 Å². The number of anilines is 1. The van der Waals surface area contributed by atoms with Crippen LogP contribution in [0.3, 0.4) is 0 Å². The normalized spacial score (nSPS) is 16.5. The number of benzene rings is 2. The van der Waals surface area contributed by atoms with E-state index in [0.717, 1.165) is 53.5 Å². The average molecular weight is 619 g/mol. The molecule has 1 aliphatic rings. The van der Waals surface area contributed by atoms with Crippen LogP contribution < -0.4 is 9.62 Å². The van der Waals surface area contributed by atoms with Crippen LogP contribution in [-0.4, -0.2) is 57.6 Å². The smallest absolute Gasteiger partial charge is 0.255 e. The van der Waals surface area contributed by atoms with Crippen LogP contribution in [0.1, 0.15) is 66.4 Å². The monoisotopic (exact) mass is 618 g/mol. The molecule has 0 bridgehead atoms. The van der Waals surface area contributed by atoms with E-state index in [0.29, 0.717) is 40.1 Å². The number of furan rings is 1. The van der Waals surface area contributed by atoms with Gasteiger partial charge in [-0.15, -0.1) is 0 Å². The lowest BCUT2D eigenvalue weighted by atomic mass is 9.87. The maximum absolute atomic E-state index is 13.9. The number of nitrogens with one attached hydrogen (secondary N) is 2. The highest BCUT2D eigenvalue weighted by atomic mass is 32.2. The summed E-state index contributed by atoms with van der Waals surface area (Å²) in [4.78, 5) is 18.9. The molecule has 0 spiro atoms. The number of piperidine rings is 1. The summed E-state index contributed by atoms with van der Waals surface area (Å²) < 4.78 is 47.0. The quantitative estimate of drug-likeness (QED) is 0.194. The number of hydrogen-bond acceptors (Lipinski definition) is 5. The second-order valence-electron chi connectivity index (χ2n) is 11.3. The van der Waals surface area contributed by atoms with Gasteiger partial charge in [-0.2, -0.15) is 0 Å². The number of nitrogens with zero attached hydrogens (tertiary/aromatic N) is 2. The largest absolute Gasteiger partial charge is 0.455 e. The van der Waals surface area contributed by atoms with Gasteiger partial charge in [-0.1, -0.05) is 37.8 Å².